The van der Waals surface area contributed by atoms with E-state index in [2.05, 4.69) is 31.0 Å². The van der Waals surface area contributed by atoms with Gasteiger partial charge in [-0.3, -0.25) is 4.90 Å². The molecule has 3 heteroatoms. The lowest BCUT2D eigenvalue weighted by Crippen LogP contribution is -2.39. The average Bonchev–Trinajstić information content (AvgIpc) is 2.99. The minimum absolute atomic E-state index is 0.615. The van der Waals surface area contributed by atoms with E-state index in [1.165, 1.54) is 19.5 Å². The Labute approximate surface area is 111 Å². The smallest absolute Gasteiger partial charge is 0.117 e. The molecule has 0 saturated carbocycles. The Morgan fingerprint density at radius 2 is 2.28 bits per heavy atom. The van der Waals surface area contributed by atoms with Gasteiger partial charge in [-0.1, -0.05) is 13.8 Å². The van der Waals surface area contributed by atoms with Crippen LogP contribution in [0.4, 0.5) is 0 Å². The number of hydrogen-bond acceptors (Lipinski definition) is 3. The van der Waals surface area contributed by atoms with E-state index < -0.39 is 0 Å². The van der Waals surface area contributed by atoms with E-state index in [-0.39, 0.29) is 0 Å². The summed E-state index contributed by atoms with van der Waals surface area (Å²) in [7, 11) is 0. The summed E-state index contributed by atoms with van der Waals surface area (Å²) < 4.78 is 5.31. The first-order chi connectivity index (χ1) is 8.66. The van der Waals surface area contributed by atoms with E-state index in [4.69, 9.17) is 4.42 Å². The van der Waals surface area contributed by atoms with Crippen molar-refractivity contribution in [3.63, 3.8) is 0 Å². The van der Waals surface area contributed by atoms with Crippen molar-refractivity contribution in [2.75, 3.05) is 19.6 Å². The van der Waals surface area contributed by atoms with E-state index in [1.54, 1.807) is 6.26 Å². The van der Waals surface area contributed by atoms with Crippen LogP contribution in [0.3, 0.4) is 0 Å². The Kier molecular flexibility index (Phi) is 4.84. The molecule has 1 saturated heterocycles. The first-order valence-electron chi connectivity index (χ1n) is 7.14. The van der Waals surface area contributed by atoms with Crippen LogP contribution in [0.25, 0.3) is 0 Å². The van der Waals surface area contributed by atoms with Gasteiger partial charge in [-0.2, -0.15) is 0 Å². The van der Waals surface area contributed by atoms with Crippen molar-refractivity contribution in [2.24, 2.45) is 11.8 Å². The molecule has 0 amide bonds. The summed E-state index contributed by atoms with van der Waals surface area (Å²) in [5, 5.41) is 3.47. The molecule has 3 nitrogen and oxygen atoms in total. The molecular formula is C15H26N2O. The van der Waals surface area contributed by atoms with Gasteiger partial charge in [-0.15, -0.1) is 0 Å². The number of furan rings is 1. The van der Waals surface area contributed by atoms with Crippen LogP contribution in [0.5, 0.6) is 0 Å². The Hall–Kier alpha value is -0.800. The summed E-state index contributed by atoms with van der Waals surface area (Å²) in [5.41, 5.74) is 0. The lowest BCUT2D eigenvalue weighted by molar-refractivity contribution is 0.232. The van der Waals surface area contributed by atoms with Gasteiger partial charge in [0.25, 0.3) is 0 Å². The Morgan fingerprint density at radius 3 is 2.89 bits per heavy atom. The van der Waals surface area contributed by atoms with Crippen molar-refractivity contribution in [1.29, 1.82) is 0 Å². The Morgan fingerprint density at radius 1 is 1.44 bits per heavy atom. The summed E-state index contributed by atoms with van der Waals surface area (Å²) in [4.78, 5) is 2.61. The van der Waals surface area contributed by atoms with Gasteiger partial charge in [0.15, 0.2) is 0 Å². The summed E-state index contributed by atoms with van der Waals surface area (Å²) in [6.07, 6.45) is 3.09. The maximum Gasteiger partial charge on any atom is 0.117 e. The molecule has 2 unspecified atom stereocenters. The molecule has 2 heterocycles. The zero-order valence-corrected chi connectivity index (χ0v) is 11.9. The highest BCUT2D eigenvalue weighted by Gasteiger charge is 2.27. The zero-order valence-electron chi connectivity index (χ0n) is 11.9. The van der Waals surface area contributed by atoms with Gasteiger partial charge in [0, 0.05) is 19.1 Å². The van der Waals surface area contributed by atoms with E-state index >= 15 is 0 Å². The standard InChI is InChI=1S/C15H26N2O/c1-12(2)14-6-7-17(11-14)13(3)9-16-10-15-5-4-8-18-15/h4-5,8,12-14,16H,6-7,9-11H2,1-3H3. The van der Waals surface area contributed by atoms with Gasteiger partial charge in [-0.05, 0) is 43.9 Å². The van der Waals surface area contributed by atoms with Gasteiger partial charge in [0.2, 0.25) is 0 Å². The maximum absolute atomic E-state index is 5.31. The first kappa shape index (κ1) is 13.6. The molecule has 0 bridgehead atoms. The van der Waals surface area contributed by atoms with E-state index in [9.17, 15) is 0 Å². The van der Waals surface area contributed by atoms with Gasteiger partial charge in [0.05, 0.1) is 12.8 Å². The summed E-state index contributed by atoms with van der Waals surface area (Å²) in [6, 6.07) is 4.57. The molecule has 1 aliphatic rings. The second-order valence-electron chi connectivity index (χ2n) is 5.85. The predicted octanol–water partition coefficient (Wildman–Crippen LogP) is 2.74. The van der Waals surface area contributed by atoms with Gasteiger partial charge >= 0.3 is 0 Å². The normalized spacial score (nSPS) is 22.8. The van der Waals surface area contributed by atoms with E-state index in [0.717, 1.165) is 30.7 Å². The number of hydrogen-bond donors (Lipinski definition) is 1. The first-order valence-corrected chi connectivity index (χ1v) is 7.14. The molecule has 102 valence electrons. The maximum atomic E-state index is 5.31. The highest BCUT2D eigenvalue weighted by molar-refractivity contribution is 4.97. The minimum Gasteiger partial charge on any atom is -0.468 e. The molecule has 1 N–H and O–H groups in total. The van der Waals surface area contributed by atoms with Crippen molar-refractivity contribution < 1.29 is 4.42 Å². The van der Waals surface area contributed by atoms with Crippen LogP contribution in [-0.4, -0.2) is 30.6 Å². The van der Waals surface area contributed by atoms with Crippen LogP contribution >= 0.6 is 0 Å². The average molecular weight is 250 g/mol. The molecule has 1 aliphatic heterocycles. The van der Waals surface area contributed by atoms with Crippen molar-refractivity contribution in [2.45, 2.75) is 39.8 Å². The number of likely N-dealkylation sites (tertiary alicyclic amines) is 1. The zero-order chi connectivity index (χ0) is 13.0. The molecular weight excluding hydrogens is 224 g/mol. The van der Waals surface area contributed by atoms with Crippen LogP contribution in [0.1, 0.15) is 33.0 Å². The third kappa shape index (κ3) is 3.59. The molecule has 0 radical (unpaired) electrons. The number of nitrogens with zero attached hydrogens (tertiary/aromatic N) is 1. The topological polar surface area (TPSA) is 28.4 Å². The molecule has 0 aromatic carbocycles. The molecule has 18 heavy (non-hydrogen) atoms. The molecule has 0 aliphatic carbocycles. The molecule has 2 atom stereocenters. The van der Waals surface area contributed by atoms with Crippen LogP contribution in [0.15, 0.2) is 22.8 Å². The van der Waals surface area contributed by atoms with Gasteiger partial charge < -0.3 is 9.73 Å². The molecule has 0 spiro atoms. The largest absolute Gasteiger partial charge is 0.468 e. The van der Waals surface area contributed by atoms with E-state index in [1.807, 2.05) is 12.1 Å². The monoisotopic (exact) mass is 250 g/mol. The Balaban J connectivity index is 1.67. The Bertz CT molecular complexity index is 334. The van der Waals surface area contributed by atoms with Crippen molar-refractivity contribution in [1.82, 2.24) is 10.2 Å². The lowest BCUT2D eigenvalue weighted by atomic mass is 9.95. The SMILES string of the molecule is CC(C)C1CCN(C(C)CNCc2ccco2)C1. The van der Waals surface area contributed by atoms with Crippen molar-refractivity contribution >= 4 is 0 Å². The fraction of sp³-hybridized carbons (Fsp3) is 0.733. The third-order valence-electron chi connectivity index (χ3n) is 4.14. The lowest BCUT2D eigenvalue weighted by Gasteiger charge is -2.25. The second-order valence-corrected chi connectivity index (χ2v) is 5.85. The van der Waals surface area contributed by atoms with Gasteiger partial charge in [-0.25, -0.2) is 0 Å². The highest BCUT2D eigenvalue weighted by Crippen LogP contribution is 2.24. The summed E-state index contributed by atoms with van der Waals surface area (Å²) in [6.45, 7) is 11.4. The number of rotatable bonds is 6. The minimum atomic E-state index is 0.615. The second kappa shape index (κ2) is 6.39. The quantitative estimate of drug-likeness (QED) is 0.841. The fourth-order valence-corrected chi connectivity index (χ4v) is 2.71. The summed E-state index contributed by atoms with van der Waals surface area (Å²) >= 11 is 0. The third-order valence-corrected chi connectivity index (χ3v) is 4.14. The predicted molar refractivity (Wildman–Crippen MR) is 74.4 cm³/mol. The van der Waals surface area contributed by atoms with Crippen LogP contribution < -0.4 is 5.32 Å². The molecule has 1 aromatic heterocycles. The highest BCUT2D eigenvalue weighted by atomic mass is 16.3. The summed E-state index contributed by atoms with van der Waals surface area (Å²) in [5.74, 6) is 2.72. The van der Waals surface area contributed by atoms with Crippen molar-refractivity contribution in [3.8, 4) is 0 Å². The fourth-order valence-electron chi connectivity index (χ4n) is 2.71. The van der Waals surface area contributed by atoms with E-state index in [0.29, 0.717) is 6.04 Å². The molecule has 1 aromatic rings. The van der Waals surface area contributed by atoms with Gasteiger partial charge in [0.1, 0.15) is 5.76 Å². The molecule has 1 fully saturated rings. The van der Waals surface area contributed by atoms with Crippen LogP contribution in [0, 0.1) is 11.8 Å². The molecule has 2 rings (SSSR count). The van der Waals surface area contributed by atoms with Crippen LogP contribution in [0.2, 0.25) is 0 Å². The van der Waals surface area contributed by atoms with Crippen molar-refractivity contribution in [3.05, 3.63) is 24.2 Å². The van der Waals surface area contributed by atoms with Crippen LogP contribution in [-0.2, 0) is 6.54 Å². The number of nitrogens with one attached hydrogen (secondary N) is 1.